The highest BCUT2D eigenvalue weighted by molar-refractivity contribution is 6.04. The van der Waals surface area contributed by atoms with Crippen molar-refractivity contribution < 1.29 is 9.53 Å². The van der Waals surface area contributed by atoms with Crippen molar-refractivity contribution in [3.05, 3.63) is 71.4 Å². The summed E-state index contributed by atoms with van der Waals surface area (Å²) >= 11 is 0. The van der Waals surface area contributed by atoms with Crippen LogP contribution in [-0.2, 0) is 0 Å². The first kappa shape index (κ1) is 13.3. The molecule has 3 rings (SSSR count). The van der Waals surface area contributed by atoms with Crippen LogP contribution in [0.15, 0.2) is 54.7 Å². The number of benzene rings is 2. The van der Waals surface area contributed by atoms with Gasteiger partial charge in [-0.3, -0.25) is 4.98 Å². The molecule has 0 aliphatic rings. The second kappa shape index (κ2) is 5.37. The van der Waals surface area contributed by atoms with Gasteiger partial charge in [-0.2, -0.15) is 0 Å². The molecule has 21 heavy (non-hydrogen) atoms. The van der Waals surface area contributed by atoms with Crippen molar-refractivity contribution in [3.63, 3.8) is 0 Å². The minimum Gasteiger partial charge on any atom is -0.423 e. The predicted octanol–water partition coefficient (Wildman–Crippen LogP) is 4.07. The first-order valence-corrected chi connectivity index (χ1v) is 6.78. The summed E-state index contributed by atoms with van der Waals surface area (Å²) in [5.41, 5.74) is 3.40. The second-order valence-electron chi connectivity index (χ2n) is 5.03. The van der Waals surface area contributed by atoms with Crippen molar-refractivity contribution in [3.8, 4) is 5.75 Å². The van der Waals surface area contributed by atoms with Crippen molar-refractivity contribution in [2.75, 3.05) is 0 Å². The number of aromatic nitrogens is 1. The summed E-state index contributed by atoms with van der Waals surface area (Å²) in [4.78, 5) is 16.7. The first-order chi connectivity index (χ1) is 10.1. The Kier molecular flexibility index (Phi) is 3.40. The fourth-order valence-electron chi connectivity index (χ4n) is 2.34. The number of carbonyl (C=O) groups excluding carboxylic acids is 1. The van der Waals surface area contributed by atoms with E-state index in [9.17, 15) is 4.79 Å². The van der Waals surface area contributed by atoms with E-state index in [-0.39, 0.29) is 5.97 Å². The van der Waals surface area contributed by atoms with E-state index in [0.29, 0.717) is 11.3 Å². The van der Waals surface area contributed by atoms with Crippen molar-refractivity contribution in [1.82, 2.24) is 4.98 Å². The summed E-state index contributed by atoms with van der Waals surface area (Å²) < 4.78 is 5.53. The van der Waals surface area contributed by atoms with Crippen LogP contribution in [0.2, 0.25) is 0 Å². The number of fused-ring (bicyclic) bond motifs is 1. The molecule has 1 heterocycles. The maximum Gasteiger partial charge on any atom is 0.344 e. The highest BCUT2D eigenvalue weighted by Gasteiger charge is 2.13. The lowest BCUT2D eigenvalue weighted by Gasteiger charge is -2.09. The smallest absolute Gasteiger partial charge is 0.344 e. The Balaban J connectivity index is 1.97. The third-order valence-electron chi connectivity index (χ3n) is 3.40. The van der Waals surface area contributed by atoms with E-state index < -0.39 is 0 Å². The van der Waals surface area contributed by atoms with Crippen LogP contribution in [0.3, 0.4) is 0 Å². The molecule has 3 aromatic rings. The summed E-state index contributed by atoms with van der Waals surface area (Å²) in [7, 11) is 0. The van der Waals surface area contributed by atoms with Gasteiger partial charge in [-0.05, 0) is 37.6 Å². The normalized spacial score (nSPS) is 10.6. The van der Waals surface area contributed by atoms with Gasteiger partial charge in [0.25, 0.3) is 0 Å². The first-order valence-electron chi connectivity index (χ1n) is 6.78. The lowest BCUT2D eigenvalue weighted by molar-refractivity contribution is 0.0735. The van der Waals surface area contributed by atoms with E-state index in [1.807, 2.05) is 56.3 Å². The largest absolute Gasteiger partial charge is 0.423 e. The zero-order valence-electron chi connectivity index (χ0n) is 12.0. The molecule has 1 aromatic heterocycles. The van der Waals surface area contributed by atoms with Gasteiger partial charge in [0.1, 0.15) is 5.75 Å². The maximum atomic E-state index is 12.4. The molecule has 3 heteroatoms. The van der Waals surface area contributed by atoms with Crippen LogP contribution in [0, 0.1) is 13.8 Å². The van der Waals surface area contributed by atoms with Crippen molar-refractivity contribution in [2.45, 2.75) is 13.8 Å². The number of hydrogen-bond donors (Lipinski definition) is 0. The molecule has 0 fully saturated rings. The SMILES string of the molecule is Cc1ccc(OC(=O)c2ccnc3ccccc23)c(C)c1. The number of carbonyl (C=O) groups is 1. The molecule has 0 atom stereocenters. The van der Waals surface area contributed by atoms with Gasteiger partial charge in [0.05, 0.1) is 11.1 Å². The van der Waals surface area contributed by atoms with Gasteiger partial charge < -0.3 is 4.74 Å². The molecule has 0 N–H and O–H groups in total. The topological polar surface area (TPSA) is 39.2 Å². The van der Waals surface area contributed by atoms with E-state index in [2.05, 4.69) is 4.98 Å². The fraction of sp³-hybridized carbons (Fsp3) is 0.111. The predicted molar refractivity (Wildman–Crippen MR) is 82.6 cm³/mol. The van der Waals surface area contributed by atoms with Gasteiger partial charge in [-0.15, -0.1) is 0 Å². The van der Waals surface area contributed by atoms with E-state index in [0.717, 1.165) is 22.0 Å². The number of para-hydroxylation sites is 1. The summed E-state index contributed by atoms with van der Waals surface area (Å²) in [6, 6.07) is 15.0. The molecular formula is C18H15NO2. The average molecular weight is 277 g/mol. The molecular weight excluding hydrogens is 262 g/mol. The number of ether oxygens (including phenoxy) is 1. The number of nitrogens with zero attached hydrogens (tertiary/aromatic N) is 1. The van der Waals surface area contributed by atoms with Gasteiger partial charge in [0.2, 0.25) is 0 Å². The van der Waals surface area contributed by atoms with Crippen LogP contribution in [0.4, 0.5) is 0 Å². The minimum absolute atomic E-state index is 0.361. The fourth-order valence-corrected chi connectivity index (χ4v) is 2.34. The average Bonchev–Trinajstić information content (AvgIpc) is 2.49. The third kappa shape index (κ3) is 2.63. The molecule has 0 spiro atoms. The quantitative estimate of drug-likeness (QED) is 0.523. The number of rotatable bonds is 2. The molecule has 0 radical (unpaired) electrons. The Morgan fingerprint density at radius 2 is 1.86 bits per heavy atom. The van der Waals surface area contributed by atoms with E-state index in [1.54, 1.807) is 12.3 Å². The van der Waals surface area contributed by atoms with E-state index in [4.69, 9.17) is 4.74 Å². The Morgan fingerprint density at radius 3 is 2.67 bits per heavy atom. The molecule has 0 saturated heterocycles. The highest BCUT2D eigenvalue weighted by Crippen LogP contribution is 2.22. The molecule has 2 aromatic carbocycles. The minimum atomic E-state index is -0.361. The Bertz CT molecular complexity index is 819. The summed E-state index contributed by atoms with van der Waals surface area (Å²) in [6.45, 7) is 3.94. The van der Waals surface area contributed by atoms with Crippen LogP contribution in [0.25, 0.3) is 10.9 Å². The van der Waals surface area contributed by atoms with Gasteiger partial charge >= 0.3 is 5.97 Å². The summed E-state index contributed by atoms with van der Waals surface area (Å²) in [6.07, 6.45) is 1.63. The van der Waals surface area contributed by atoms with Crippen molar-refractivity contribution >= 4 is 16.9 Å². The summed E-state index contributed by atoms with van der Waals surface area (Å²) in [5, 5.41) is 0.801. The third-order valence-corrected chi connectivity index (χ3v) is 3.40. The zero-order valence-corrected chi connectivity index (χ0v) is 12.0. The van der Waals surface area contributed by atoms with E-state index >= 15 is 0 Å². The molecule has 0 amide bonds. The van der Waals surface area contributed by atoms with Crippen molar-refractivity contribution in [2.24, 2.45) is 0 Å². The van der Waals surface area contributed by atoms with Gasteiger partial charge in [-0.1, -0.05) is 35.9 Å². The monoisotopic (exact) mass is 277 g/mol. The highest BCUT2D eigenvalue weighted by atomic mass is 16.5. The number of esters is 1. The molecule has 0 bridgehead atoms. The van der Waals surface area contributed by atoms with Crippen molar-refractivity contribution in [1.29, 1.82) is 0 Å². The maximum absolute atomic E-state index is 12.4. The van der Waals surface area contributed by atoms with Gasteiger partial charge in [-0.25, -0.2) is 4.79 Å². The molecule has 0 saturated carbocycles. The lowest BCUT2D eigenvalue weighted by atomic mass is 10.1. The number of hydrogen-bond acceptors (Lipinski definition) is 3. The molecule has 3 nitrogen and oxygen atoms in total. The number of aryl methyl sites for hydroxylation is 2. The standard InChI is InChI=1S/C18H15NO2/c1-12-7-8-17(13(2)11-12)21-18(20)15-9-10-19-16-6-4-3-5-14(15)16/h3-11H,1-2H3. The van der Waals surface area contributed by atoms with Crippen LogP contribution in [0.5, 0.6) is 5.75 Å². The second-order valence-corrected chi connectivity index (χ2v) is 5.03. The Hall–Kier alpha value is -2.68. The lowest BCUT2D eigenvalue weighted by Crippen LogP contribution is -2.10. The van der Waals surface area contributed by atoms with Gasteiger partial charge in [0.15, 0.2) is 0 Å². The van der Waals surface area contributed by atoms with Gasteiger partial charge in [0, 0.05) is 11.6 Å². The molecule has 104 valence electrons. The Labute approximate surface area is 123 Å². The molecule has 0 aliphatic carbocycles. The zero-order chi connectivity index (χ0) is 14.8. The molecule has 0 aliphatic heterocycles. The van der Waals surface area contributed by atoms with Crippen LogP contribution < -0.4 is 4.74 Å². The summed E-state index contributed by atoms with van der Waals surface area (Å²) in [5.74, 6) is 0.229. The molecule has 0 unspecified atom stereocenters. The number of pyridine rings is 1. The van der Waals surface area contributed by atoms with Crippen LogP contribution in [0.1, 0.15) is 21.5 Å². The Morgan fingerprint density at radius 1 is 1.05 bits per heavy atom. The van der Waals surface area contributed by atoms with Crippen LogP contribution in [-0.4, -0.2) is 11.0 Å². The van der Waals surface area contributed by atoms with E-state index in [1.165, 1.54) is 0 Å². The van der Waals surface area contributed by atoms with Crippen LogP contribution >= 0.6 is 0 Å².